The van der Waals surface area contributed by atoms with Gasteiger partial charge in [-0.05, 0) is 26.7 Å². The summed E-state index contributed by atoms with van der Waals surface area (Å²) in [5.74, 6) is 0. The molecule has 0 aromatic carbocycles. The van der Waals surface area contributed by atoms with Crippen LogP contribution in [0.2, 0.25) is 0 Å². The van der Waals surface area contributed by atoms with Crippen LogP contribution in [0.5, 0.6) is 0 Å². The van der Waals surface area contributed by atoms with Gasteiger partial charge in [0.1, 0.15) is 0 Å². The van der Waals surface area contributed by atoms with Gasteiger partial charge < -0.3 is 0 Å². The maximum atomic E-state index is 13.1. The van der Waals surface area contributed by atoms with Gasteiger partial charge >= 0.3 is 0 Å². The Morgan fingerprint density at radius 2 is 1.33 bits per heavy atom. The topological polar surface area (TPSA) is 26.3 Å². The predicted molar refractivity (Wildman–Crippen MR) is 60.7 cm³/mol. The number of hydrogen-bond acceptors (Lipinski definition) is 1. The average molecular weight is 229 g/mol. The molecule has 3 aliphatic heterocycles. The second kappa shape index (κ2) is 3.30. The highest BCUT2D eigenvalue weighted by Gasteiger charge is 2.55. The maximum absolute atomic E-state index is 13.1. The van der Waals surface area contributed by atoms with E-state index in [1.807, 2.05) is 0 Å². The molecule has 3 rings (SSSR count). The Kier molecular flexibility index (Phi) is 2.26. The average Bonchev–Trinajstić information content (AvgIpc) is 3.02. The zero-order chi connectivity index (χ0) is 10.6. The van der Waals surface area contributed by atoms with Crippen molar-refractivity contribution in [2.24, 2.45) is 0 Å². The summed E-state index contributed by atoms with van der Waals surface area (Å²) in [6.07, 6.45) is 2.40. The molecule has 4 nitrogen and oxygen atoms in total. The number of rotatable bonds is 3. The van der Waals surface area contributed by atoms with E-state index in [4.69, 9.17) is 0 Å². The van der Waals surface area contributed by atoms with E-state index >= 15 is 0 Å². The van der Waals surface area contributed by atoms with Crippen LogP contribution in [0.25, 0.3) is 0 Å². The normalized spacial score (nSPS) is 38.5. The molecule has 0 saturated carbocycles. The highest BCUT2D eigenvalue weighted by atomic mass is 31.2. The SMILES string of the molecule is C[C@@H]1CC[C@H](C)N1P(=O)(N1CC1)N1CC1. The number of nitrogens with zero attached hydrogens (tertiary/aromatic N) is 3. The van der Waals surface area contributed by atoms with Crippen molar-refractivity contribution in [3.8, 4) is 0 Å². The lowest BCUT2D eigenvalue weighted by atomic mass is 10.2. The fraction of sp³-hybridized carbons (Fsp3) is 1.00. The van der Waals surface area contributed by atoms with Crippen LogP contribution in [-0.4, -0.2) is 52.3 Å². The van der Waals surface area contributed by atoms with Crippen LogP contribution in [0, 0.1) is 0 Å². The van der Waals surface area contributed by atoms with Gasteiger partial charge in [0, 0.05) is 38.3 Å². The fourth-order valence-corrected chi connectivity index (χ4v) is 6.20. The van der Waals surface area contributed by atoms with E-state index in [0.29, 0.717) is 12.1 Å². The molecule has 3 heterocycles. The second-order valence-corrected chi connectivity index (χ2v) is 7.70. The smallest absolute Gasteiger partial charge is 0.270 e. The van der Waals surface area contributed by atoms with Crippen molar-refractivity contribution in [1.29, 1.82) is 0 Å². The third kappa shape index (κ3) is 1.50. The minimum atomic E-state index is -2.30. The Bertz CT molecular complexity index is 288. The standard InChI is InChI=1S/C10H20N3OP/c1-9-3-4-10(2)13(9)15(14,11-5-6-11)12-7-8-12/h9-10H,3-8H2,1-2H3/t9-,10+. The van der Waals surface area contributed by atoms with Gasteiger partial charge in [-0.1, -0.05) is 0 Å². The fourth-order valence-electron chi connectivity index (χ4n) is 2.78. The summed E-state index contributed by atoms with van der Waals surface area (Å²) in [5, 5.41) is 0. The molecule has 0 bridgehead atoms. The van der Waals surface area contributed by atoms with Crippen LogP contribution >= 0.6 is 7.59 Å². The lowest BCUT2D eigenvalue weighted by molar-refractivity contribution is 0.313. The maximum Gasteiger partial charge on any atom is 0.287 e. The second-order valence-electron chi connectivity index (χ2n) is 5.08. The lowest BCUT2D eigenvalue weighted by Gasteiger charge is -2.35. The van der Waals surface area contributed by atoms with E-state index in [1.165, 1.54) is 12.8 Å². The summed E-state index contributed by atoms with van der Waals surface area (Å²) < 4.78 is 19.8. The Hall–Kier alpha value is 0.110. The molecule has 0 aromatic heterocycles. The third-order valence-corrected chi connectivity index (χ3v) is 7.45. The van der Waals surface area contributed by atoms with Gasteiger partial charge in [-0.3, -0.25) is 4.57 Å². The van der Waals surface area contributed by atoms with Crippen molar-refractivity contribution in [3.63, 3.8) is 0 Å². The molecule has 0 radical (unpaired) electrons. The van der Waals surface area contributed by atoms with Gasteiger partial charge in [-0.25, -0.2) is 14.0 Å². The van der Waals surface area contributed by atoms with Gasteiger partial charge in [0.25, 0.3) is 7.59 Å². The molecular formula is C10H20N3OP. The molecule has 0 unspecified atom stereocenters. The molecule has 0 aromatic rings. The van der Waals surface area contributed by atoms with Crippen LogP contribution < -0.4 is 0 Å². The first-order valence-electron chi connectivity index (χ1n) is 6.04. The molecule has 0 aliphatic carbocycles. The van der Waals surface area contributed by atoms with Crippen molar-refractivity contribution >= 4 is 7.59 Å². The first-order valence-corrected chi connectivity index (χ1v) is 7.60. The third-order valence-electron chi connectivity index (χ3n) is 3.79. The van der Waals surface area contributed by atoms with E-state index in [-0.39, 0.29) is 0 Å². The molecule has 0 spiro atoms. The molecule has 3 aliphatic rings. The van der Waals surface area contributed by atoms with Crippen LogP contribution in [0.4, 0.5) is 0 Å². The predicted octanol–water partition coefficient (Wildman–Crippen LogP) is 1.60. The van der Waals surface area contributed by atoms with Gasteiger partial charge in [-0.2, -0.15) is 0 Å². The lowest BCUT2D eigenvalue weighted by Crippen LogP contribution is -2.34. The summed E-state index contributed by atoms with van der Waals surface area (Å²) in [6.45, 7) is 8.58. The Balaban J connectivity index is 1.90. The molecular weight excluding hydrogens is 209 g/mol. The number of hydrogen-bond donors (Lipinski definition) is 0. The zero-order valence-corrected chi connectivity index (χ0v) is 10.5. The van der Waals surface area contributed by atoms with Gasteiger partial charge in [0.15, 0.2) is 0 Å². The minimum absolute atomic E-state index is 0.493. The van der Waals surface area contributed by atoms with Crippen molar-refractivity contribution in [1.82, 2.24) is 14.0 Å². The quantitative estimate of drug-likeness (QED) is 0.542. The van der Waals surface area contributed by atoms with Crippen LogP contribution in [-0.2, 0) is 4.57 Å². The Morgan fingerprint density at radius 1 is 0.933 bits per heavy atom. The van der Waals surface area contributed by atoms with Crippen LogP contribution in [0.1, 0.15) is 26.7 Å². The summed E-state index contributed by atoms with van der Waals surface area (Å²) in [6, 6.07) is 0.985. The highest BCUT2D eigenvalue weighted by molar-refractivity contribution is 7.57. The summed E-state index contributed by atoms with van der Waals surface area (Å²) >= 11 is 0. The molecule has 0 amide bonds. The van der Waals surface area contributed by atoms with E-state index in [9.17, 15) is 4.57 Å². The van der Waals surface area contributed by atoms with Crippen LogP contribution in [0.15, 0.2) is 0 Å². The van der Waals surface area contributed by atoms with Crippen molar-refractivity contribution < 1.29 is 4.57 Å². The van der Waals surface area contributed by atoms with Crippen molar-refractivity contribution in [3.05, 3.63) is 0 Å². The largest absolute Gasteiger partial charge is 0.287 e. The van der Waals surface area contributed by atoms with Crippen LogP contribution in [0.3, 0.4) is 0 Å². The molecule has 5 heteroatoms. The molecule has 15 heavy (non-hydrogen) atoms. The molecule has 0 N–H and O–H groups in total. The van der Waals surface area contributed by atoms with E-state index < -0.39 is 7.59 Å². The molecule has 2 atom stereocenters. The molecule has 86 valence electrons. The summed E-state index contributed by atoms with van der Waals surface area (Å²) in [7, 11) is -2.30. The van der Waals surface area contributed by atoms with Crippen molar-refractivity contribution in [2.45, 2.75) is 38.8 Å². The van der Waals surface area contributed by atoms with E-state index in [2.05, 4.69) is 27.9 Å². The monoisotopic (exact) mass is 229 g/mol. The zero-order valence-electron chi connectivity index (χ0n) is 9.59. The van der Waals surface area contributed by atoms with Gasteiger partial charge in [0.05, 0.1) is 0 Å². The minimum Gasteiger partial charge on any atom is -0.270 e. The Morgan fingerprint density at radius 3 is 1.67 bits per heavy atom. The van der Waals surface area contributed by atoms with E-state index in [1.54, 1.807) is 0 Å². The Labute approximate surface area is 91.7 Å². The van der Waals surface area contributed by atoms with E-state index in [0.717, 1.165) is 26.2 Å². The van der Waals surface area contributed by atoms with Gasteiger partial charge in [0.2, 0.25) is 0 Å². The first-order chi connectivity index (χ1) is 7.14. The first kappa shape index (κ1) is 10.3. The highest BCUT2D eigenvalue weighted by Crippen LogP contribution is 2.65. The van der Waals surface area contributed by atoms with Crippen molar-refractivity contribution in [2.75, 3.05) is 26.2 Å². The summed E-state index contributed by atoms with van der Waals surface area (Å²) in [4.78, 5) is 0. The summed E-state index contributed by atoms with van der Waals surface area (Å²) in [5.41, 5.74) is 0. The van der Waals surface area contributed by atoms with Gasteiger partial charge in [-0.15, -0.1) is 0 Å². The molecule has 3 fully saturated rings. The molecule has 3 saturated heterocycles.